The minimum atomic E-state index is -0.00918. The molecule has 0 aromatic heterocycles. The first-order valence-corrected chi connectivity index (χ1v) is 8.78. The topological polar surface area (TPSA) is 29.5 Å². The summed E-state index contributed by atoms with van der Waals surface area (Å²) in [5.74, 6) is 0.248. The second-order valence-electron chi connectivity index (χ2n) is 5.35. The molecule has 0 spiro atoms. The third kappa shape index (κ3) is 3.50. The maximum atomic E-state index is 12.6. The predicted molar refractivity (Wildman–Crippen MR) is 86.3 cm³/mol. The fourth-order valence-corrected chi connectivity index (χ4v) is 4.34. The van der Waals surface area contributed by atoms with Crippen molar-refractivity contribution in [3.63, 3.8) is 0 Å². The normalized spacial score (nSPS) is 23.8. The van der Waals surface area contributed by atoms with Gasteiger partial charge in [-0.25, -0.2) is 0 Å². The molecule has 0 aliphatic carbocycles. The van der Waals surface area contributed by atoms with Crippen molar-refractivity contribution in [2.45, 2.75) is 35.4 Å². The minimum Gasteiger partial charge on any atom is -0.381 e. The molecule has 2 aliphatic rings. The summed E-state index contributed by atoms with van der Waals surface area (Å²) in [5, 5.41) is 1.07. The number of halogens is 2. The highest BCUT2D eigenvalue weighted by Gasteiger charge is 2.36. The van der Waals surface area contributed by atoms with Gasteiger partial charge in [-0.15, -0.1) is 11.8 Å². The lowest BCUT2D eigenvalue weighted by Crippen LogP contribution is -2.41. The van der Waals surface area contributed by atoms with Crippen molar-refractivity contribution in [3.05, 3.63) is 28.2 Å². The van der Waals surface area contributed by atoms with Gasteiger partial charge < -0.3 is 9.64 Å². The largest absolute Gasteiger partial charge is 0.381 e. The summed E-state index contributed by atoms with van der Waals surface area (Å²) in [6.45, 7) is 2.38. The Morgan fingerprint density at radius 1 is 1.14 bits per heavy atom. The lowest BCUT2D eigenvalue weighted by atomic mass is 10.1. The highest BCUT2D eigenvalue weighted by atomic mass is 35.5. The molecule has 2 saturated heterocycles. The van der Waals surface area contributed by atoms with Gasteiger partial charge in [0.25, 0.3) is 0 Å². The quantitative estimate of drug-likeness (QED) is 0.832. The fraction of sp³-hybridized carbons (Fsp3) is 0.533. The van der Waals surface area contributed by atoms with Crippen molar-refractivity contribution in [3.8, 4) is 0 Å². The van der Waals surface area contributed by atoms with Crippen molar-refractivity contribution >= 4 is 40.9 Å². The van der Waals surface area contributed by atoms with Gasteiger partial charge in [0.1, 0.15) is 0 Å². The van der Waals surface area contributed by atoms with Crippen LogP contribution in [0.15, 0.2) is 23.1 Å². The second-order valence-corrected chi connectivity index (χ2v) is 7.44. The Morgan fingerprint density at radius 3 is 2.62 bits per heavy atom. The number of nitrogens with zero attached hydrogens (tertiary/aromatic N) is 1. The van der Waals surface area contributed by atoms with E-state index in [-0.39, 0.29) is 11.2 Å². The van der Waals surface area contributed by atoms with E-state index in [9.17, 15) is 4.79 Å². The molecule has 1 amide bonds. The van der Waals surface area contributed by atoms with Crippen LogP contribution in [0.25, 0.3) is 0 Å². The van der Waals surface area contributed by atoms with Gasteiger partial charge >= 0.3 is 0 Å². The Bertz CT molecular complexity index is 534. The summed E-state index contributed by atoms with van der Waals surface area (Å²) in [5.41, 5.74) is 0. The molecule has 2 fully saturated rings. The maximum absolute atomic E-state index is 12.6. The highest BCUT2D eigenvalue weighted by Crippen LogP contribution is 2.35. The second kappa shape index (κ2) is 6.78. The molecule has 21 heavy (non-hydrogen) atoms. The molecule has 1 atom stereocenters. The van der Waals surface area contributed by atoms with Crippen LogP contribution in [0.2, 0.25) is 10.0 Å². The average molecular weight is 346 g/mol. The molecule has 0 N–H and O–H groups in total. The fourth-order valence-electron chi connectivity index (χ4n) is 2.86. The predicted octanol–water partition coefficient (Wildman–Crippen LogP) is 3.87. The Morgan fingerprint density at radius 2 is 1.90 bits per heavy atom. The molecule has 0 saturated carbocycles. The van der Waals surface area contributed by atoms with Crippen LogP contribution in [0.3, 0.4) is 0 Å². The van der Waals surface area contributed by atoms with Gasteiger partial charge in [0.05, 0.1) is 15.3 Å². The highest BCUT2D eigenvalue weighted by molar-refractivity contribution is 8.00. The first-order chi connectivity index (χ1) is 10.1. The van der Waals surface area contributed by atoms with Crippen LogP contribution in [-0.4, -0.2) is 41.9 Å². The zero-order chi connectivity index (χ0) is 14.8. The number of hydrogen-bond donors (Lipinski definition) is 0. The van der Waals surface area contributed by atoms with Crippen molar-refractivity contribution in [1.29, 1.82) is 0 Å². The number of ether oxygens (including phenoxy) is 1. The lowest BCUT2D eigenvalue weighted by Gasteiger charge is -2.31. The maximum Gasteiger partial charge on any atom is 0.236 e. The molecular formula is C15H17Cl2NO2S. The molecule has 3 nitrogen and oxygen atoms in total. The monoisotopic (exact) mass is 345 g/mol. The van der Waals surface area contributed by atoms with Gasteiger partial charge in [0.15, 0.2) is 0 Å². The summed E-state index contributed by atoms with van der Waals surface area (Å²) < 4.78 is 5.37. The SMILES string of the molecule is O=C1C(Sc2ccc(Cl)c(Cl)c2)CCN1C1CCOCC1. The number of amides is 1. The zero-order valence-electron chi connectivity index (χ0n) is 11.6. The first kappa shape index (κ1) is 15.5. The van der Waals surface area contributed by atoms with Crippen LogP contribution in [0.1, 0.15) is 19.3 Å². The number of carbonyl (C=O) groups is 1. The Balaban J connectivity index is 1.64. The standard InChI is InChI=1S/C15H17Cl2NO2S/c16-12-2-1-11(9-13(12)17)21-14-3-6-18(15(14)19)10-4-7-20-8-5-10/h1-2,9-10,14H,3-8H2. The summed E-state index contributed by atoms with van der Waals surface area (Å²) in [6, 6.07) is 5.88. The van der Waals surface area contributed by atoms with Gasteiger partial charge in [-0.05, 0) is 37.5 Å². The molecule has 2 aliphatic heterocycles. The van der Waals surface area contributed by atoms with Gasteiger partial charge in [-0.2, -0.15) is 0 Å². The Kier molecular flexibility index (Phi) is 4.99. The summed E-state index contributed by atoms with van der Waals surface area (Å²) >= 11 is 13.5. The zero-order valence-corrected chi connectivity index (χ0v) is 13.9. The third-order valence-corrected chi connectivity index (χ3v) is 5.98. The molecule has 0 bridgehead atoms. The Labute approximate surface area is 138 Å². The number of carbonyl (C=O) groups excluding carboxylic acids is 1. The van der Waals surface area contributed by atoms with E-state index in [2.05, 4.69) is 0 Å². The van der Waals surface area contributed by atoms with Gasteiger partial charge in [0.2, 0.25) is 5.91 Å². The number of benzene rings is 1. The molecule has 114 valence electrons. The molecule has 1 aromatic carbocycles. The van der Waals surface area contributed by atoms with Gasteiger partial charge in [0, 0.05) is 30.7 Å². The van der Waals surface area contributed by atoms with E-state index in [1.165, 1.54) is 0 Å². The minimum absolute atomic E-state index is 0.00918. The lowest BCUT2D eigenvalue weighted by molar-refractivity contribution is -0.130. The molecule has 1 unspecified atom stereocenters. The van der Waals surface area contributed by atoms with Crippen LogP contribution in [0.4, 0.5) is 0 Å². The first-order valence-electron chi connectivity index (χ1n) is 7.15. The van der Waals surface area contributed by atoms with Crippen molar-refractivity contribution in [2.75, 3.05) is 19.8 Å². The molecule has 0 radical (unpaired) electrons. The van der Waals surface area contributed by atoms with Crippen LogP contribution in [0.5, 0.6) is 0 Å². The van der Waals surface area contributed by atoms with E-state index >= 15 is 0 Å². The summed E-state index contributed by atoms with van der Waals surface area (Å²) in [6.07, 6.45) is 2.80. The van der Waals surface area contributed by atoms with Crippen LogP contribution >= 0.6 is 35.0 Å². The molecule has 6 heteroatoms. The van der Waals surface area contributed by atoms with E-state index in [0.717, 1.165) is 43.9 Å². The van der Waals surface area contributed by atoms with E-state index in [1.807, 2.05) is 17.0 Å². The van der Waals surface area contributed by atoms with Gasteiger partial charge in [-0.3, -0.25) is 4.79 Å². The Hall–Kier alpha value is -0.420. The van der Waals surface area contributed by atoms with E-state index in [4.69, 9.17) is 27.9 Å². The van der Waals surface area contributed by atoms with Crippen molar-refractivity contribution in [2.24, 2.45) is 0 Å². The van der Waals surface area contributed by atoms with Crippen molar-refractivity contribution < 1.29 is 9.53 Å². The number of thioether (sulfide) groups is 1. The van der Waals surface area contributed by atoms with E-state index < -0.39 is 0 Å². The van der Waals surface area contributed by atoms with E-state index in [0.29, 0.717) is 16.1 Å². The van der Waals surface area contributed by atoms with E-state index in [1.54, 1.807) is 17.8 Å². The third-order valence-electron chi connectivity index (χ3n) is 3.99. The van der Waals surface area contributed by atoms with Gasteiger partial charge in [-0.1, -0.05) is 23.2 Å². The summed E-state index contributed by atoms with van der Waals surface area (Å²) in [7, 11) is 0. The molecular weight excluding hydrogens is 329 g/mol. The van der Waals surface area contributed by atoms with Crippen LogP contribution < -0.4 is 0 Å². The number of likely N-dealkylation sites (tertiary alicyclic amines) is 1. The summed E-state index contributed by atoms with van der Waals surface area (Å²) in [4.78, 5) is 15.6. The van der Waals surface area contributed by atoms with Crippen molar-refractivity contribution in [1.82, 2.24) is 4.90 Å². The molecule has 1 aromatic rings. The molecule has 3 rings (SSSR count). The number of hydrogen-bond acceptors (Lipinski definition) is 3. The average Bonchev–Trinajstić information content (AvgIpc) is 2.85. The smallest absolute Gasteiger partial charge is 0.236 e. The molecule has 2 heterocycles. The number of rotatable bonds is 3. The van der Waals surface area contributed by atoms with Crippen LogP contribution in [-0.2, 0) is 9.53 Å². The van der Waals surface area contributed by atoms with Crippen LogP contribution in [0, 0.1) is 0 Å².